The number of hydrogen-bond acceptors (Lipinski definition) is 5. The number of benzene rings is 2. The lowest BCUT2D eigenvalue weighted by atomic mass is 9.97. The zero-order valence-corrected chi connectivity index (χ0v) is 12.6. The summed E-state index contributed by atoms with van der Waals surface area (Å²) in [6.45, 7) is 0. The van der Waals surface area contributed by atoms with E-state index in [1.807, 2.05) is 60.7 Å². The molecule has 23 heavy (non-hydrogen) atoms. The molecule has 0 aliphatic carbocycles. The van der Waals surface area contributed by atoms with Gasteiger partial charge in [0.2, 0.25) is 12.1 Å². The first-order valence-electron chi connectivity index (χ1n) is 7.81. The average Bonchev–Trinajstić information content (AvgIpc) is 2.62. The lowest BCUT2D eigenvalue weighted by Crippen LogP contribution is -2.44. The maximum atomic E-state index is 5.99. The Hall–Kier alpha value is -1.76. The maximum Gasteiger partial charge on any atom is 0.249 e. The normalized spacial score (nSPS) is 31.1. The second-order valence-electron chi connectivity index (χ2n) is 5.67. The van der Waals surface area contributed by atoms with Crippen LogP contribution in [0.4, 0.5) is 0 Å². The van der Waals surface area contributed by atoms with Gasteiger partial charge in [-0.2, -0.15) is 14.7 Å². The van der Waals surface area contributed by atoms with Gasteiger partial charge in [-0.3, -0.25) is 0 Å². The molecule has 3 atom stereocenters. The van der Waals surface area contributed by atoms with Crippen LogP contribution in [0.25, 0.3) is 0 Å². The molecule has 0 spiro atoms. The second-order valence-corrected chi connectivity index (χ2v) is 5.67. The SMILES string of the molecule is c1ccc([C@H]2OO[C@H]3CCC[C@@](c4ccccc4)(OO2)O3)cc1. The van der Waals surface area contributed by atoms with Crippen LogP contribution in [0.15, 0.2) is 60.7 Å². The molecule has 0 saturated carbocycles. The summed E-state index contributed by atoms with van der Waals surface area (Å²) >= 11 is 0. The Bertz CT molecular complexity index is 632. The first-order chi connectivity index (χ1) is 11.4. The summed E-state index contributed by atoms with van der Waals surface area (Å²) in [5.41, 5.74) is 1.72. The van der Waals surface area contributed by atoms with E-state index in [2.05, 4.69) is 0 Å². The van der Waals surface area contributed by atoms with Crippen molar-refractivity contribution in [3.05, 3.63) is 71.8 Å². The zero-order valence-electron chi connectivity index (χ0n) is 12.6. The van der Waals surface area contributed by atoms with Gasteiger partial charge in [0.15, 0.2) is 6.29 Å². The molecule has 0 N–H and O–H groups in total. The molecule has 5 heteroatoms. The summed E-state index contributed by atoms with van der Waals surface area (Å²) in [7, 11) is 0. The van der Waals surface area contributed by atoms with Gasteiger partial charge in [-0.05, 0) is 6.42 Å². The van der Waals surface area contributed by atoms with Gasteiger partial charge in [0.25, 0.3) is 0 Å². The minimum atomic E-state index is -0.971. The highest BCUT2D eigenvalue weighted by molar-refractivity contribution is 5.21. The predicted molar refractivity (Wildman–Crippen MR) is 80.4 cm³/mol. The van der Waals surface area contributed by atoms with Crippen molar-refractivity contribution in [1.82, 2.24) is 0 Å². The van der Waals surface area contributed by atoms with E-state index in [1.165, 1.54) is 0 Å². The highest BCUT2D eigenvalue weighted by Gasteiger charge is 2.45. The number of rotatable bonds is 2. The molecule has 5 nitrogen and oxygen atoms in total. The lowest BCUT2D eigenvalue weighted by molar-refractivity contribution is -0.593. The molecule has 120 valence electrons. The fourth-order valence-electron chi connectivity index (χ4n) is 2.88. The highest BCUT2D eigenvalue weighted by Crippen LogP contribution is 2.42. The molecule has 2 aliphatic rings. The van der Waals surface area contributed by atoms with Crippen LogP contribution in [0, 0.1) is 0 Å². The Morgan fingerprint density at radius 1 is 0.826 bits per heavy atom. The quantitative estimate of drug-likeness (QED) is 0.785. The van der Waals surface area contributed by atoms with E-state index in [0.29, 0.717) is 6.42 Å². The molecular formula is C18H18O5. The maximum absolute atomic E-state index is 5.99. The fraction of sp³-hybridized carbons (Fsp3) is 0.333. The smallest absolute Gasteiger partial charge is 0.249 e. The summed E-state index contributed by atoms with van der Waals surface area (Å²) in [5, 5.41) is 0. The monoisotopic (exact) mass is 314 g/mol. The van der Waals surface area contributed by atoms with E-state index in [9.17, 15) is 0 Å². The van der Waals surface area contributed by atoms with Crippen molar-refractivity contribution in [1.29, 1.82) is 0 Å². The van der Waals surface area contributed by atoms with E-state index < -0.39 is 18.4 Å². The summed E-state index contributed by atoms with van der Waals surface area (Å²) in [6, 6.07) is 19.3. The molecule has 2 heterocycles. The Morgan fingerprint density at radius 3 is 2.35 bits per heavy atom. The van der Waals surface area contributed by atoms with Crippen molar-refractivity contribution in [2.75, 3.05) is 0 Å². The Labute approximate surface area is 134 Å². The van der Waals surface area contributed by atoms with Crippen molar-refractivity contribution in [3.8, 4) is 0 Å². The van der Waals surface area contributed by atoms with Gasteiger partial charge in [-0.15, -0.1) is 0 Å². The molecule has 2 bridgehead atoms. The van der Waals surface area contributed by atoms with E-state index in [4.69, 9.17) is 24.3 Å². The zero-order chi connectivity index (χ0) is 15.5. The van der Waals surface area contributed by atoms with Crippen molar-refractivity contribution in [2.45, 2.75) is 37.6 Å². The molecule has 2 saturated heterocycles. The van der Waals surface area contributed by atoms with Gasteiger partial charge < -0.3 is 4.74 Å². The molecule has 0 unspecified atom stereocenters. The van der Waals surface area contributed by atoms with Crippen LogP contribution in [0.5, 0.6) is 0 Å². The molecule has 2 fully saturated rings. The Balaban J connectivity index is 1.63. The first-order valence-corrected chi connectivity index (χ1v) is 7.81. The van der Waals surface area contributed by atoms with Gasteiger partial charge in [0.05, 0.1) is 0 Å². The molecule has 2 aromatic rings. The van der Waals surface area contributed by atoms with Crippen LogP contribution in [0.2, 0.25) is 0 Å². The summed E-state index contributed by atoms with van der Waals surface area (Å²) in [4.78, 5) is 22.1. The highest BCUT2D eigenvalue weighted by atomic mass is 17.3. The fourth-order valence-corrected chi connectivity index (χ4v) is 2.88. The second kappa shape index (κ2) is 6.39. The van der Waals surface area contributed by atoms with Crippen LogP contribution in [0.1, 0.15) is 36.7 Å². The molecular weight excluding hydrogens is 296 g/mol. The minimum absolute atomic E-state index is 0.487. The third-order valence-electron chi connectivity index (χ3n) is 4.07. The molecule has 0 amide bonds. The van der Waals surface area contributed by atoms with Crippen LogP contribution in [0.3, 0.4) is 0 Å². The van der Waals surface area contributed by atoms with E-state index in [0.717, 1.165) is 24.0 Å². The summed E-state index contributed by atoms with van der Waals surface area (Å²) in [6.07, 6.45) is 1.09. The molecule has 0 aromatic heterocycles. The van der Waals surface area contributed by atoms with Crippen molar-refractivity contribution >= 4 is 0 Å². The lowest BCUT2D eigenvalue weighted by Gasteiger charge is -2.41. The minimum Gasteiger partial charge on any atom is -0.311 e. The topological polar surface area (TPSA) is 46.2 Å². The Kier molecular flexibility index (Phi) is 4.11. The third-order valence-corrected chi connectivity index (χ3v) is 4.07. The van der Waals surface area contributed by atoms with E-state index >= 15 is 0 Å². The molecule has 4 rings (SSSR count). The summed E-state index contributed by atoms with van der Waals surface area (Å²) in [5.74, 6) is -0.971. The molecule has 0 radical (unpaired) electrons. The summed E-state index contributed by atoms with van der Waals surface area (Å²) < 4.78 is 5.99. The Morgan fingerprint density at radius 2 is 1.57 bits per heavy atom. The molecule has 2 aromatic carbocycles. The van der Waals surface area contributed by atoms with E-state index in [-0.39, 0.29) is 0 Å². The number of ether oxygens (including phenoxy) is 1. The van der Waals surface area contributed by atoms with Crippen LogP contribution in [-0.4, -0.2) is 6.29 Å². The number of hydrogen-bond donors (Lipinski definition) is 0. The van der Waals surface area contributed by atoms with Crippen LogP contribution >= 0.6 is 0 Å². The van der Waals surface area contributed by atoms with Gasteiger partial charge >= 0.3 is 0 Å². The van der Waals surface area contributed by atoms with Crippen molar-refractivity contribution in [2.24, 2.45) is 0 Å². The standard InChI is InChI=1S/C18H18O5/c1-3-8-14(9-4-1)17-21-20-16-12-7-13-18(19-16,23-22-17)15-10-5-2-6-11-15/h1-6,8-11,16-17H,7,12-13H2/t16-,17-,18-/m0/s1. The van der Waals surface area contributed by atoms with Crippen LogP contribution in [-0.2, 0) is 30.1 Å². The predicted octanol–water partition coefficient (Wildman–Crippen LogP) is 3.97. The largest absolute Gasteiger partial charge is 0.311 e. The van der Waals surface area contributed by atoms with Crippen molar-refractivity contribution < 1.29 is 24.3 Å². The van der Waals surface area contributed by atoms with Gasteiger partial charge in [-0.1, -0.05) is 60.7 Å². The van der Waals surface area contributed by atoms with Crippen molar-refractivity contribution in [3.63, 3.8) is 0 Å². The van der Waals surface area contributed by atoms with Gasteiger partial charge in [0.1, 0.15) is 0 Å². The third kappa shape index (κ3) is 3.02. The number of fused-ring (bicyclic) bond motifs is 2. The van der Waals surface area contributed by atoms with Crippen LogP contribution < -0.4 is 0 Å². The van der Waals surface area contributed by atoms with E-state index in [1.54, 1.807) is 0 Å². The molecule has 2 aliphatic heterocycles. The first kappa shape index (κ1) is 14.8. The van der Waals surface area contributed by atoms with Gasteiger partial charge in [-0.25, -0.2) is 4.89 Å². The average molecular weight is 314 g/mol. The van der Waals surface area contributed by atoms with Gasteiger partial charge in [0, 0.05) is 24.0 Å².